The van der Waals surface area contributed by atoms with E-state index in [0.717, 1.165) is 18.5 Å². The van der Waals surface area contributed by atoms with Crippen molar-refractivity contribution in [1.82, 2.24) is 4.90 Å². The summed E-state index contributed by atoms with van der Waals surface area (Å²) in [4.78, 5) is 28.4. The van der Waals surface area contributed by atoms with Gasteiger partial charge >= 0.3 is 0 Å². The summed E-state index contributed by atoms with van der Waals surface area (Å²) in [5.74, 6) is -0.160. The zero-order chi connectivity index (χ0) is 16.1. The van der Waals surface area contributed by atoms with Gasteiger partial charge in [0.1, 0.15) is 6.04 Å². The molecular formula is C17H25N3O2. The number of nitrogens with zero attached hydrogens (tertiary/aromatic N) is 2. The second kappa shape index (κ2) is 7.40. The van der Waals surface area contributed by atoms with Crippen LogP contribution in [0.25, 0.3) is 0 Å². The average Bonchev–Trinajstić information content (AvgIpc) is 2.55. The first kappa shape index (κ1) is 16.5. The van der Waals surface area contributed by atoms with Gasteiger partial charge in [-0.25, -0.2) is 0 Å². The third-order valence-electron chi connectivity index (χ3n) is 4.21. The molecule has 22 heavy (non-hydrogen) atoms. The number of nitrogens with two attached hydrogens (primary N) is 1. The highest BCUT2D eigenvalue weighted by molar-refractivity contribution is 6.00. The average molecular weight is 303 g/mol. The second-order valence-corrected chi connectivity index (χ2v) is 5.83. The Labute approximate surface area is 132 Å². The van der Waals surface area contributed by atoms with E-state index in [1.165, 1.54) is 4.90 Å². The van der Waals surface area contributed by atoms with E-state index in [9.17, 15) is 9.59 Å². The van der Waals surface area contributed by atoms with Crippen LogP contribution in [0, 0.1) is 0 Å². The van der Waals surface area contributed by atoms with E-state index >= 15 is 0 Å². The van der Waals surface area contributed by atoms with Crippen LogP contribution in [0.2, 0.25) is 0 Å². The summed E-state index contributed by atoms with van der Waals surface area (Å²) < 4.78 is 0. The third-order valence-corrected chi connectivity index (χ3v) is 4.21. The number of amides is 2. The molecule has 1 aromatic carbocycles. The molecule has 2 unspecified atom stereocenters. The van der Waals surface area contributed by atoms with Gasteiger partial charge in [-0.2, -0.15) is 0 Å². The molecule has 2 atom stereocenters. The molecule has 0 aliphatic carbocycles. The largest absolute Gasteiger partial charge is 0.332 e. The van der Waals surface area contributed by atoms with E-state index in [1.807, 2.05) is 37.3 Å². The Morgan fingerprint density at radius 1 is 1.41 bits per heavy atom. The van der Waals surface area contributed by atoms with Gasteiger partial charge in [-0.15, -0.1) is 0 Å². The summed E-state index contributed by atoms with van der Waals surface area (Å²) in [6, 6.07) is 8.67. The minimum Gasteiger partial charge on any atom is -0.332 e. The van der Waals surface area contributed by atoms with E-state index in [0.29, 0.717) is 19.4 Å². The Kier molecular flexibility index (Phi) is 5.55. The lowest BCUT2D eigenvalue weighted by Gasteiger charge is -2.37. The van der Waals surface area contributed by atoms with Gasteiger partial charge in [-0.05, 0) is 31.4 Å². The van der Waals surface area contributed by atoms with Gasteiger partial charge in [0, 0.05) is 19.3 Å². The fraction of sp³-hybridized carbons (Fsp3) is 0.529. The number of benzene rings is 1. The first-order chi connectivity index (χ1) is 10.6. The monoisotopic (exact) mass is 303 g/mol. The van der Waals surface area contributed by atoms with Crippen LogP contribution in [0.4, 0.5) is 5.69 Å². The molecule has 1 aliphatic heterocycles. The maximum atomic E-state index is 12.7. The first-order valence-electron chi connectivity index (χ1n) is 7.95. The van der Waals surface area contributed by atoms with Crippen LogP contribution < -0.4 is 10.6 Å². The molecule has 0 saturated carbocycles. The van der Waals surface area contributed by atoms with Crippen LogP contribution in [0.5, 0.6) is 0 Å². The number of carbonyl (C=O) groups is 2. The van der Waals surface area contributed by atoms with E-state index in [4.69, 9.17) is 5.73 Å². The van der Waals surface area contributed by atoms with Crippen molar-refractivity contribution >= 4 is 17.5 Å². The molecule has 1 fully saturated rings. The summed E-state index contributed by atoms with van der Waals surface area (Å²) >= 11 is 0. The highest BCUT2D eigenvalue weighted by Gasteiger charge is 2.35. The molecule has 2 rings (SSSR count). The summed E-state index contributed by atoms with van der Waals surface area (Å²) in [6.45, 7) is 2.69. The molecule has 1 heterocycles. The van der Waals surface area contributed by atoms with Crippen molar-refractivity contribution in [2.45, 2.75) is 44.7 Å². The minimum absolute atomic E-state index is 0.0167. The van der Waals surface area contributed by atoms with Crippen molar-refractivity contribution in [2.24, 2.45) is 5.73 Å². The van der Waals surface area contributed by atoms with Crippen molar-refractivity contribution in [2.75, 3.05) is 18.5 Å². The number of anilines is 1. The topological polar surface area (TPSA) is 66.6 Å². The number of carbonyl (C=O) groups excluding carboxylic acids is 2. The molecule has 5 nitrogen and oxygen atoms in total. The van der Waals surface area contributed by atoms with Crippen LogP contribution in [-0.4, -0.2) is 42.4 Å². The quantitative estimate of drug-likeness (QED) is 0.901. The Hall–Kier alpha value is -1.88. The highest BCUT2D eigenvalue weighted by atomic mass is 16.2. The Morgan fingerprint density at radius 3 is 2.73 bits per heavy atom. The standard InChI is InChI=1S/C17H25N3O2/c1-3-8-14(18)16(21)19(2)15-11-7-12-20(17(15)22)13-9-5-4-6-10-13/h4-6,9-10,14-15H,3,7-8,11-12,18H2,1-2H3. The van der Waals surface area contributed by atoms with Gasteiger partial charge in [-0.1, -0.05) is 31.5 Å². The van der Waals surface area contributed by atoms with Crippen molar-refractivity contribution in [3.05, 3.63) is 30.3 Å². The normalized spacial score (nSPS) is 19.9. The van der Waals surface area contributed by atoms with Gasteiger partial charge in [0.15, 0.2) is 0 Å². The second-order valence-electron chi connectivity index (χ2n) is 5.83. The fourth-order valence-electron chi connectivity index (χ4n) is 2.93. The van der Waals surface area contributed by atoms with Crippen LogP contribution in [0.15, 0.2) is 30.3 Å². The van der Waals surface area contributed by atoms with Gasteiger partial charge < -0.3 is 15.5 Å². The SMILES string of the molecule is CCCC(N)C(=O)N(C)C1CCCN(c2ccccc2)C1=O. The molecule has 1 aliphatic rings. The lowest BCUT2D eigenvalue weighted by Crippen LogP contribution is -2.56. The summed E-state index contributed by atoms with van der Waals surface area (Å²) in [6.07, 6.45) is 3.08. The number of rotatable bonds is 5. The maximum Gasteiger partial charge on any atom is 0.249 e. The molecule has 2 amide bonds. The highest BCUT2D eigenvalue weighted by Crippen LogP contribution is 2.23. The van der Waals surface area contributed by atoms with E-state index in [2.05, 4.69) is 0 Å². The third kappa shape index (κ3) is 3.47. The first-order valence-corrected chi connectivity index (χ1v) is 7.95. The van der Waals surface area contributed by atoms with Crippen LogP contribution in [0.3, 0.4) is 0 Å². The van der Waals surface area contributed by atoms with Gasteiger partial charge in [-0.3, -0.25) is 9.59 Å². The summed E-state index contributed by atoms with van der Waals surface area (Å²) in [7, 11) is 1.69. The molecule has 5 heteroatoms. The lowest BCUT2D eigenvalue weighted by atomic mass is 10.0. The Balaban J connectivity index is 2.11. The van der Waals surface area contributed by atoms with Gasteiger partial charge in [0.2, 0.25) is 11.8 Å². The molecular weight excluding hydrogens is 278 g/mol. The summed E-state index contributed by atoms with van der Waals surface area (Å²) in [5.41, 5.74) is 6.80. The molecule has 1 saturated heterocycles. The fourth-order valence-corrected chi connectivity index (χ4v) is 2.93. The lowest BCUT2D eigenvalue weighted by molar-refractivity contribution is -0.140. The number of likely N-dealkylation sites (N-methyl/N-ethyl adjacent to an activating group) is 1. The van der Waals surface area contributed by atoms with Gasteiger partial charge in [0.25, 0.3) is 0 Å². The van der Waals surface area contributed by atoms with Gasteiger partial charge in [0.05, 0.1) is 6.04 Å². The molecule has 120 valence electrons. The molecule has 0 aromatic heterocycles. The predicted molar refractivity (Wildman–Crippen MR) is 87.5 cm³/mol. The summed E-state index contributed by atoms with van der Waals surface area (Å²) in [5, 5.41) is 0. The Bertz CT molecular complexity index is 518. The predicted octanol–water partition coefficient (Wildman–Crippen LogP) is 1.77. The Morgan fingerprint density at radius 2 is 2.09 bits per heavy atom. The van der Waals surface area contributed by atoms with Crippen LogP contribution in [-0.2, 0) is 9.59 Å². The molecule has 0 spiro atoms. The maximum absolute atomic E-state index is 12.7. The molecule has 0 radical (unpaired) electrons. The van der Waals surface area contributed by atoms with E-state index < -0.39 is 12.1 Å². The smallest absolute Gasteiger partial charge is 0.249 e. The zero-order valence-corrected chi connectivity index (χ0v) is 13.4. The number of para-hydroxylation sites is 1. The molecule has 0 bridgehead atoms. The van der Waals surface area contributed by atoms with E-state index in [1.54, 1.807) is 11.9 Å². The van der Waals surface area contributed by atoms with Crippen molar-refractivity contribution in [3.63, 3.8) is 0 Å². The number of piperidine rings is 1. The molecule has 2 N–H and O–H groups in total. The van der Waals surface area contributed by atoms with Crippen LogP contribution in [0.1, 0.15) is 32.6 Å². The van der Waals surface area contributed by atoms with E-state index in [-0.39, 0.29) is 11.8 Å². The number of hydrogen-bond donors (Lipinski definition) is 1. The van der Waals surface area contributed by atoms with Crippen molar-refractivity contribution in [3.8, 4) is 0 Å². The van der Waals surface area contributed by atoms with Crippen molar-refractivity contribution in [1.29, 1.82) is 0 Å². The van der Waals surface area contributed by atoms with Crippen molar-refractivity contribution < 1.29 is 9.59 Å². The minimum atomic E-state index is -0.519. The number of hydrogen-bond acceptors (Lipinski definition) is 3. The molecule has 1 aromatic rings. The van der Waals surface area contributed by atoms with Crippen LogP contribution >= 0.6 is 0 Å². The zero-order valence-electron chi connectivity index (χ0n) is 13.4.